The molecule has 1 fully saturated rings. The van der Waals surface area contributed by atoms with E-state index in [-0.39, 0.29) is 31.4 Å². The van der Waals surface area contributed by atoms with Crippen molar-refractivity contribution in [3.05, 3.63) is 41.2 Å². The SMILES string of the molecule is Cc1cccc(OCC2(O)COCCN(C(=O)c3nonc3C)C2)c1. The largest absolute Gasteiger partial charge is 0.490 e. The average Bonchev–Trinajstić information content (AvgIpc) is 2.91. The van der Waals surface area contributed by atoms with E-state index < -0.39 is 5.60 Å². The maximum atomic E-state index is 12.6. The Hall–Kier alpha value is -2.45. The summed E-state index contributed by atoms with van der Waals surface area (Å²) >= 11 is 0. The van der Waals surface area contributed by atoms with Crippen molar-refractivity contribution in [2.45, 2.75) is 19.4 Å². The third-order valence-corrected chi connectivity index (χ3v) is 4.00. The summed E-state index contributed by atoms with van der Waals surface area (Å²) in [6.07, 6.45) is 0. The zero-order valence-corrected chi connectivity index (χ0v) is 14.3. The van der Waals surface area contributed by atoms with Crippen LogP contribution in [0, 0.1) is 13.8 Å². The number of aryl methyl sites for hydroxylation is 2. The minimum atomic E-state index is -1.32. The molecule has 1 aliphatic rings. The summed E-state index contributed by atoms with van der Waals surface area (Å²) in [7, 11) is 0. The lowest BCUT2D eigenvalue weighted by Gasteiger charge is -2.30. The van der Waals surface area contributed by atoms with Gasteiger partial charge in [0.25, 0.3) is 5.91 Å². The molecular formula is C17H21N3O5. The van der Waals surface area contributed by atoms with Crippen LogP contribution in [0.5, 0.6) is 5.75 Å². The van der Waals surface area contributed by atoms with Crippen LogP contribution in [-0.4, -0.2) is 64.7 Å². The van der Waals surface area contributed by atoms with Gasteiger partial charge in [-0.15, -0.1) is 0 Å². The lowest BCUT2D eigenvalue weighted by molar-refractivity contribution is -0.0621. The number of ether oxygens (including phenoxy) is 2. The van der Waals surface area contributed by atoms with Gasteiger partial charge in [-0.3, -0.25) is 4.79 Å². The minimum absolute atomic E-state index is 0.0102. The summed E-state index contributed by atoms with van der Waals surface area (Å²) in [5.74, 6) is 0.310. The smallest absolute Gasteiger partial charge is 0.278 e. The Morgan fingerprint density at radius 1 is 1.40 bits per heavy atom. The van der Waals surface area contributed by atoms with E-state index in [0.29, 0.717) is 24.6 Å². The first-order valence-corrected chi connectivity index (χ1v) is 8.05. The molecule has 0 saturated carbocycles. The number of aliphatic hydroxyl groups is 1. The molecule has 1 aliphatic heterocycles. The molecule has 0 bridgehead atoms. The highest BCUT2D eigenvalue weighted by Gasteiger charge is 2.36. The van der Waals surface area contributed by atoms with Gasteiger partial charge >= 0.3 is 0 Å². The van der Waals surface area contributed by atoms with Gasteiger partial charge in [0, 0.05) is 6.54 Å². The van der Waals surface area contributed by atoms with E-state index >= 15 is 0 Å². The topological polar surface area (TPSA) is 97.9 Å². The number of nitrogens with zero attached hydrogens (tertiary/aromatic N) is 3. The van der Waals surface area contributed by atoms with Crippen LogP contribution in [0.1, 0.15) is 21.7 Å². The highest BCUT2D eigenvalue weighted by atomic mass is 16.6. The standard InChI is InChI=1S/C17H21N3O5/c1-12-4-3-5-14(8-12)24-11-17(22)9-20(6-7-23-10-17)16(21)15-13(2)18-25-19-15/h3-5,8,22H,6-7,9-11H2,1-2H3. The normalized spacial score (nSPS) is 21.0. The molecule has 1 amide bonds. The van der Waals surface area contributed by atoms with Gasteiger partial charge in [0.1, 0.15) is 23.7 Å². The number of benzene rings is 1. The first kappa shape index (κ1) is 17.4. The first-order valence-electron chi connectivity index (χ1n) is 8.05. The Bertz CT molecular complexity index is 747. The minimum Gasteiger partial charge on any atom is -0.490 e. The van der Waals surface area contributed by atoms with Gasteiger partial charge in [-0.2, -0.15) is 0 Å². The molecule has 2 aromatic rings. The number of rotatable bonds is 4. The summed E-state index contributed by atoms with van der Waals surface area (Å²) < 4.78 is 15.8. The summed E-state index contributed by atoms with van der Waals surface area (Å²) in [6.45, 7) is 4.44. The zero-order chi connectivity index (χ0) is 17.9. The number of carbonyl (C=O) groups is 1. The van der Waals surface area contributed by atoms with Crippen LogP contribution in [0.3, 0.4) is 0 Å². The van der Waals surface area contributed by atoms with Crippen molar-refractivity contribution in [1.29, 1.82) is 0 Å². The Kier molecular flexibility index (Phi) is 5.00. The fourth-order valence-electron chi connectivity index (χ4n) is 2.68. The number of hydrogen-bond acceptors (Lipinski definition) is 7. The molecular weight excluding hydrogens is 326 g/mol. The molecule has 8 heteroatoms. The number of aromatic nitrogens is 2. The van der Waals surface area contributed by atoms with E-state index in [4.69, 9.17) is 9.47 Å². The molecule has 2 heterocycles. The highest BCUT2D eigenvalue weighted by Crippen LogP contribution is 2.19. The Labute approximate surface area is 145 Å². The third kappa shape index (κ3) is 4.15. The van der Waals surface area contributed by atoms with Crippen molar-refractivity contribution in [3.8, 4) is 5.75 Å². The fourth-order valence-corrected chi connectivity index (χ4v) is 2.68. The van der Waals surface area contributed by atoms with Crippen molar-refractivity contribution in [3.63, 3.8) is 0 Å². The van der Waals surface area contributed by atoms with E-state index in [1.807, 2.05) is 31.2 Å². The van der Waals surface area contributed by atoms with Crippen LogP contribution in [0.4, 0.5) is 0 Å². The highest BCUT2D eigenvalue weighted by molar-refractivity contribution is 5.93. The van der Waals surface area contributed by atoms with Crippen LogP contribution in [-0.2, 0) is 4.74 Å². The lowest BCUT2D eigenvalue weighted by atomic mass is 10.1. The van der Waals surface area contributed by atoms with E-state index in [9.17, 15) is 9.90 Å². The molecule has 0 spiro atoms. The number of amides is 1. The van der Waals surface area contributed by atoms with Crippen LogP contribution < -0.4 is 4.74 Å². The van der Waals surface area contributed by atoms with Gasteiger partial charge in [-0.05, 0) is 36.7 Å². The molecule has 3 rings (SSSR count). The lowest BCUT2D eigenvalue weighted by Crippen LogP contribution is -2.50. The summed E-state index contributed by atoms with van der Waals surface area (Å²) in [4.78, 5) is 14.1. The Morgan fingerprint density at radius 3 is 2.96 bits per heavy atom. The second-order valence-electron chi connectivity index (χ2n) is 6.31. The third-order valence-electron chi connectivity index (χ3n) is 4.00. The van der Waals surface area contributed by atoms with Crippen molar-refractivity contribution < 1.29 is 24.0 Å². The van der Waals surface area contributed by atoms with Crippen molar-refractivity contribution in [2.75, 3.05) is 32.9 Å². The van der Waals surface area contributed by atoms with Crippen molar-refractivity contribution in [1.82, 2.24) is 15.2 Å². The number of β-amino-alcohol motifs (C(OH)–C–C–N with tert-alkyl or cyclic N) is 1. The fraction of sp³-hybridized carbons (Fsp3) is 0.471. The Morgan fingerprint density at radius 2 is 2.24 bits per heavy atom. The molecule has 25 heavy (non-hydrogen) atoms. The van der Waals surface area contributed by atoms with E-state index in [1.165, 1.54) is 4.90 Å². The van der Waals surface area contributed by atoms with E-state index in [1.54, 1.807) is 6.92 Å². The molecule has 1 unspecified atom stereocenters. The van der Waals surface area contributed by atoms with E-state index in [2.05, 4.69) is 14.9 Å². The second-order valence-corrected chi connectivity index (χ2v) is 6.31. The molecule has 8 nitrogen and oxygen atoms in total. The molecule has 0 aliphatic carbocycles. The van der Waals surface area contributed by atoms with Gasteiger partial charge in [-0.25, -0.2) is 4.63 Å². The van der Waals surface area contributed by atoms with Gasteiger partial charge in [0.15, 0.2) is 5.69 Å². The van der Waals surface area contributed by atoms with Crippen LogP contribution in [0.2, 0.25) is 0 Å². The molecule has 1 N–H and O–H groups in total. The van der Waals surface area contributed by atoms with Crippen LogP contribution in [0.25, 0.3) is 0 Å². The molecule has 0 radical (unpaired) electrons. The molecule has 134 valence electrons. The first-order chi connectivity index (χ1) is 12.0. The maximum absolute atomic E-state index is 12.6. The number of carbonyl (C=O) groups excluding carboxylic acids is 1. The molecule has 1 aromatic heterocycles. The summed E-state index contributed by atoms with van der Waals surface area (Å²) in [6, 6.07) is 7.55. The van der Waals surface area contributed by atoms with Crippen LogP contribution in [0.15, 0.2) is 28.9 Å². The Balaban J connectivity index is 1.70. The second kappa shape index (κ2) is 7.20. The predicted molar refractivity (Wildman–Crippen MR) is 87.4 cm³/mol. The average molecular weight is 347 g/mol. The van der Waals surface area contributed by atoms with Crippen molar-refractivity contribution >= 4 is 5.91 Å². The number of hydrogen-bond donors (Lipinski definition) is 1. The zero-order valence-electron chi connectivity index (χ0n) is 14.3. The molecule has 1 saturated heterocycles. The van der Waals surface area contributed by atoms with Gasteiger partial charge in [-0.1, -0.05) is 17.3 Å². The quantitative estimate of drug-likeness (QED) is 0.880. The maximum Gasteiger partial charge on any atom is 0.278 e. The van der Waals surface area contributed by atoms with Gasteiger partial charge in [0.2, 0.25) is 0 Å². The summed E-state index contributed by atoms with van der Waals surface area (Å²) in [5, 5.41) is 18.1. The molecule has 1 aromatic carbocycles. The molecule has 1 atom stereocenters. The monoisotopic (exact) mass is 347 g/mol. The van der Waals surface area contributed by atoms with Crippen molar-refractivity contribution in [2.24, 2.45) is 0 Å². The van der Waals surface area contributed by atoms with Crippen LogP contribution >= 0.6 is 0 Å². The van der Waals surface area contributed by atoms with Gasteiger partial charge < -0.3 is 19.5 Å². The van der Waals surface area contributed by atoms with Gasteiger partial charge in [0.05, 0.1) is 19.8 Å². The van der Waals surface area contributed by atoms with E-state index in [0.717, 1.165) is 5.56 Å². The summed E-state index contributed by atoms with van der Waals surface area (Å²) in [5.41, 5.74) is 0.298. The predicted octanol–water partition coefficient (Wildman–Crippen LogP) is 0.969.